The number of carbonyl (C=O) groups excluding carboxylic acids is 5. The molecule has 0 radical (unpaired) electrons. The van der Waals surface area contributed by atoms with Crippen molar-refractivity contribution in [1.82, 2.24) is 5.32 Å². The molecule has 35 heavy (non-hydrogen) atoms. The lowest BCUT2D eigenvalue weighted by molar-refractivity contribution is -0.326. The highest BCUT2D eigenvalue weighted by molar-refractivity contribution is 5.74. The van der Waals surface area contributed by atoms with Gasteiger partial charge in [0.15, 0.2) is 12.2 Å². The van der Waals surface area contributed by atoms with Gasteiger partial charge in [0, 0.05) is 41.2 Å². The van der Waals surface area contributed by atoms with E-state index < -0.39 is 66.7 Å². The third-order valence-electron chi connectivity index (χ3n) is 4.71. The Balaban J connectivity index is 3.58. The summed E-state index contributed by atoms with van der Waals surface area (Å²) in [6.45, 7) is 4.47. The predicted octanol–water partition coefficient (Wildman–Crippen LogP) is -0.151. The van der Waals surface area contributed by atoms with Crippen LogP contribution in [0.4, 0.5) is 4.79 Å². The van der Waals surface area contributed by atoms with E-state index in [9.17, 15) is 24.0 Å². The number of esters is 3. The molecule has 5 atom stereocenters. The molecule has 1 saturated heterocycles. The lowest BCUT2D eigenvalue weighted by Gasteiger charge is -2.50. The number of methoxy groups -OCH3 is 2. The first-order chi connectivity index (χ1) is 16.5. The summed E-state index contributed by atoms with van der Waals surface area (Å²) in [5, 5.41) is 2.55. The summed E-state index contributed by atoms with van der Waals surface area (Å²) in [6, 6.07) is -1.38. The summed E-state index contributed by atoms with van der Waals surface area (Å²) in [7, 11) is 2.55. The largest absolute Gasteiger partial charge is 0.510 e. The lowest BCUT2D eigenvalue weighted by Crippen LogP contribution is -2.72. The van der Waals surface area contributed by atoms with Crippen molar-refractivity contribution in [2.45, 2.75) is 64.3 Å². The summed E-state index contributed by atoms with van der Waals surface area (Å²) < 4.78 is 42.4. The van der Waals surface area contributed by atoms with E-state index in [0.717, 1.165) is 27.9 Å². The van der Waals surface area contributed by atoms with Gasteiger partial charge in [-0.2, -0.15) is 0 Å². The first kappa shape index (κ1) is 30.1. The van der Waals surface area contributed by atoms with E-state index in [4.69, 9.17) is 33.2 Å². The fourth-order valence-corrected chi connectivity index (χ4v) is 3.44. The van der Waals surface area contributed by atoms with Crippen LogP contribution in [-0.2, 0) is 57.1 Å². The maximum Gasteiger partial charge on any atom is 0.510 e. The van der Waals surface area contributed by atoms with Gasteiger partial charge in [0.25, 0.3) is 0 Å². The number of amides is 1. The highest BCUT2D eigenvalue weighted by Gasteiger charge is 2.61. The minimum Gasteiger partial charge on any atom is -0.463 e. The molecule has 0 bridgehead atoms. The molecule has 0 aromatic carbocycles. The molecular formula is C21H33NO13. The van der Waals surface area contributed by atoms with Crippen LogP contribution in [0.25, 0.3) is 0 Å². The Morgan fingerprint density at radius 2 is 1.49 bits per heavy atom. The van der Waals surface area contributed by atoms with Gasteiger partial charge in [0.05, 0.1) is 26.9 Å². The van der Waals surface area contributed by atoms with Crippen molar-refractivity contribution in [3.8, 4) is 0 Å². The average Bonchev–Trinajstić information content (AvgIpc) is 2.75. The molecule has 14 heteroatoms. The summed E-state index contributed by atoms with van der Waals surface area (Å²) in [4.78, 5) is 59.7. The predicted molar refractivity (Wildman–Crippen MR) is 114 cm³/mol. The molecule has 1 fully saturated rings. The Morgan fingerprint density at radius 1 is 0.857 bits per heavy atom. The van der Waals surface area contributed by atoms with E-state index in [1.807, 2.05) is 0 Å². The first-order valence-electron chi connectivity index (χ1n) is 10.7. The van der Waals surface area contributed by atoms with Crippen molar-refractivity contribution in [2.75, 3.05) is 40.6 Å². The van der Waals surface area contributed by atoms with E-state index >= 15 is 0 Å². The van der Waals surface area contributed by atoms with Crippen LogP contribution in [-0.4, -0.2) is 101 Å². The Morgan fingerprint density at radius 3 is 2.00 bits per heavy atom. The van der Waals surface area contributed by atoms with Crippen molar-refractivity contribution in [2.24, 2.45) is 0 Å². The summed E-state index contributed by atoms with van der Waals surface area (Å²) in [6.07, 6.45) is -5.43. The monoisotopic (exact) mass is 507 g/mol. The minimum absolute atomic E-state index is 0.0677. The van der Waals surface area contributed by atoms with E-state index in [2.05, 4.69) is 10.1 Å². The second kappa shape index (κ2) is 14.4. The second-order valence-electron chi connectivity index (χ2n) is 7.51. The highest BCUT2D eigenvalue weighted by Crippen LogP contribution is 2.37. The van der Waals surface area contributed by atoms with Crippen molar-refractivity contribution in [1.29, 1.82) is 0 Å². The van der Waals surface area contributed by atoms with Crippen LogP contribution in [0.3, 0.4) is 0 Å². The quantitative estimate of drug-likeness (QED) is 0.210. The normalized spacial score (nSPS) is 25.7. The number of hydrogen-bond donors (Lipinski definition) is 1. The molecule has 0 aromatic rings. The maximum atomic E-state index is 12.2. The number of ether oxygens (including phenoxy) is 8. The Kier molecular flexibility index (Phi) is 12.4. The fraction of sp³-hybridized carbons (Fsp3) is 0.762. The molecule has 0 aromatic heterocycles. The zero-order valence-corrected chi connectivity index (χ0v) is 20.7. The van der Waals surface area contributed by atoms with Gasteiger partial charge in [0.2, 0.25) is 11.7 Å². The Hall–Kier alpha value is -2.97. The van der Waals surface area contributed by atoms with Gasteiger partial charge in [-0.3, -0.25) is 19.2 Å². The molecule has 14 nitrogen and oxygen atoms in total. The molecule has 0 saturated carbocycles. The third kappa shape index (κ3) is 9.66. The number of nitrogens with one attached hydrogen (secondary N) is 1. The van der Waals surface area contributed by atoms with Gasteiger partial charge in [-0.1, -0.05) is 0 Å². The average molecular weight is 507 g/mol. The first-order valence-corrected chi connectivity index (χ1v) is 10.7. The molecule has 1 aliphatic heterocycles. The van der Waals surface area contributed by atoms with Gasteiger partial charge in [-0.25, -0.2) is 4.79 Å². The minimum atomic E-state index is -2.05. The molecule has 1 rings (SSSR count). The topological polar surface area (TPSA) is 171 Å². The van der Waals surface area contributed by atoms with E-state index in [1.54, 1.807) is 0 Å². The molecule has 1 amide bonds. The van der Waals surface area contributed by atoms with Crippen LogP contribution in [0, 0.1) is 0 Å². The Labute approximate surface area is 202 Å². The van der Waals surface area contributed by atoms with Crippen LogP contribution < -0.4 is 5.32 Å². The van der Waals surface area contributed by atoms with Gasteiger partial charge in [-0.15, -0.1) is 0 Å². The molecular weight excluding hydrogens is 474 g/mol. The summed E-state index contributed by atoms with van der Waals surface area (Å²) in [5.41, 5.74) is 0. The maximum absolute atomic E-state index is 12.2. The van der Waals surface area contributed by atoms with Crippen LogP contribution in [0.15, 0.2) is 0 Å². The van der Waals surface area contributed by atoms with Crippen LogP contribution in [0.1, 0.15) is 34.1 Å². The van der Waals surface area contributed by atoms with Crippen molar-refractivity contribution in [3.05, 3.63) is 0 Å². The molecule has 0 aliphatic carbocycles. The molecule has 200 valence electrons. The van der Waals surface area contributed by atoms with Crippen molar-refractivity contribution >= 4 is 30.0 Å². The summed E-state index contributed by atoms with van der Waals surface area (Å²) >= 11 is 0. The number of rotatable bonds is 12. The van der Waals surface area contributed by atoms with Crippen molar-refractivity contribution in [3.63, 3.8) is 0 Å². The van der Waals surface area contributed by atoms with Crippen LogP contribution >= 0.6 is 0 Å². The molecule has 1 aliphatic rings. The smallest absolute Gasteiger partial charge is 0.463 e. The second-order valence-corrected chi connectivity index (χ2v) is 7.51. The molecule has 1 heterocycles. The van der Waals surface area contributed by atoms with E-state index in [0.29, 0.717) is 0 Å². The Bertz CT molecular complexity index is 758. The van der Waals surface area contributed by atoms with Crippen molar-refractivity contribution < 1.29 is 61.9 Å². The molecule has 0 spiro atoms. The fourth-order valence-electron chi connectivity index (χ4n) is 3.44. The van der Waals surface area contributed by atoms with Gasteiger partial charge < -0.3 is 43.2 Å². The highest BCUT2D eigenvalue weighted by atomic mass is 16.8. The van der Waals surface area contributed by atoms with Crippen LogP contribution in [0.2, 0.25) is 0 Å². The lowest BCUT2D eigenvalue weighted by atomic mass is 9.87. The zero-order valence-electron chi connectivity index (χ0n) is 20.7. The van der Waals surface area contributed by atoms with Crippen LogP contribution in [0.5, 0.6) is 0 Å². The number of hydrogen-bond acceptors (Lipinski definition) is 13. The van der Waals surface area contributed by atoms with Gasteiger partial charge >= 0.3 is 24.1 Å². The number of carbonyl (C=O) groups is 5. The molecule has 0 unspecified atom stereocenters. The summed E-state index contributed by atoms with van der Waals surface area (Å²) in [5.74, 6) is -4.89. The van der Waals surface area contributed by atoms with Gasteiger partial charge in [0.1, 0.15) is 18.8 Å². The van der Waals surface area contributed by atoms with Gasteiger partial charge in [-0.05, 0) is 0 Å². The standard InChI is InChI=1S/C21H33NO13/c1-12(23)22-19-18(33-15(4)26)17(32-14(3)25)16(11-31-13(2)24)34-21(19,35-20(27)29-6)7-8-30-10-9-28-5/h16-19H,7-11H2,1-6H3,(H,22,23)/t16-,17-,18+,19-,21+/m1/s1. The third-order valence-corrected chi connectivity index (χ3v) is 4.71. The van der Waals surface area contributed by atoms with E-state index in [1.165, 1.54) is 14.0 Å². The zero-order chi connectivity index (χ0) is 26.6. The molecule has 1 N–H and O–H groups in total. The SMILES string of the molecule is COCCOCC[C@@]1(OC(=O)OC)O[C@H](COC(C)=O)[C@@H](OC(C)=O)[C@H](OC(C)=O)[C@H]1NC(C)=O. The van der Waals surface area contributed by atoms with E-state index in [-0.39, 0.29) is 26.2 Å².